The average Bonchev–Trinajstić information content (AvgIpc) is 2.86. The normalized spacial score (nSPS) is 21.0. The Labute approximate surface area is 209 Å². The molecule has 1 fully saturated rings. The van der Waals surface area contributed by atoms with Gasteiger partial charge in [0, 0.05) is 35.8 Å². The average molecular weight is 485 g/mol. The first-order valence-corrected chi connectivity index (χ1v) is 11.9. The van der Waals surface area contributed by atoms with Gasteiger partial charge in [-0.05, 0) is 25.0 Å². The number of benzene rings is 2. The molecule has 2 aromatic heterocycles. The van der Waals surface area contributed by atoms with Gasteiger partial charge in [-0.15, -0.1) is 0 Å². The van der Waals surface area contributed by atoms with Crippen molar-refractivity contribution in [1.82, 2.24) is 0 Å². The Hall–Kier alpha value is -4.06. The molecule has 6 heteroatoms. The van der Waals surface area contributed by atoms with Crippen molar-refractivity contribution in [3.05, 3.63) is 127 Å². The Balaban J connectivity index is 1.78. The Morgan fingerprint density at radius 2 is 0.917 bits per heavy atom. The minimum absolute atomic E-state index is 0.171. The summed E-state index contributed by atoms with van der Waals surface area (Å²) in [5.41, 5.74) is 3.87. The van der Waals surface area contributed by atoms with Crippen LogP contribution in [0.5, 0.6) is 11.5 Å². The fourth-order valence-corrected chi connectivity index (χ4v) is 5.51. The third kappa shape index (κ3) is 3.92. The predicted molar refractivity (Wildman–Crippen MR) is 136 cm³/mol. The van der Waals surface area contributed by atoms with E-state index in [4.69, 9.17) is 18.3 Å². The van der Waals surface area contributed by atoms with Crippen LogP contribution in [0.2, 0.25) is 0 Å². The van der Waals surface area contributed by atoms with E-state index in [9.17, 15) is 9.59 Å². The molecule has 184 valence electrons. The fourth-order valence-electron chi connectivity index (χ4n) is 5.51. The van der Waals surface area contributed by atoms with Gasteiger partial charge in [0.25, 0.3) is 0 Å². The molecule has 0 saturated heterocycles. The van der Waals surface area contributed by atoms with Crippen molar-refractivity contribution < 1.29 is 18.3 Å². The van der Waals surface area contributed by atoms with Gasteiger partial charge in [-0.3, -0.25) is 9.59 Å². The summed E-state index contributed by atoms with van der Waals surface area (Å²) in [6.45, 7) is 4.07. The van der Waals surface area contributed by atoms with Crippen molar-refractivity contribution in [2.45, 2.75) is 37.5 Å². The number of hydrogen-bond acceptors (Lipinski definition) is 6. The van der Waals surface area contributed by atoms with E-state index in [2.05, 4.69) is 48.5 Å². The molecule has 5 rings (SSSR count). The maximum Gasteiger partial charge on any atom is 0.227 e. The van der Waals surface area contributed by atoms with Crippen molar-refractivity contribution in [3.8, 4) is 11.5 Å². The molecule has 0 atom stereocenters. The summed E-state index contributed by atoms with van der Waals surface area (Å²) in [6, 6.07) is 19.2. The van der Waals surface area contributed by atoms with Crippen LogP contribution in [0.15, 0.2) is 91.6 Å². The van der Waals surface area contributed by atoms with Crippen LogP contribution in [0.4, 0.5) is 0 Å². The maximum absolute atomic E-state index is 12.7. The highest BCUT2D eigenvalue weighted by Crippen LogP contribution is 2.67. The van der Waals surface area contributed by atoms with Crippen LogP contribution >= 0.6 is 0 Å². The molecule has 0 spiro atoms. The van der Waals surface area contributed by atoms with E-state index in [-0.39, 0.29) is 46.0 Å². The van der Waals surface area contributed by atoms with E-state index in [1.807, 2.05) is 13.8 Å². The lowest BCUT2D eigenvalue weighted by molar-refractivity contribution is 0.161. The molecule has 1 aliphatic carbocycles. The first-order chi connectivity index (χ1) is 17.4. The molecule has 1 saturated carbocycles. The predicted octanol–water partition coefficient (Wildman–Crippen LogP) is 5.68. The third-order valence-corrected chi connectivity index (χ3v) is 7.21. The van der Waals surface area contributed by atoms with Gasteiger partial charge in [0.2, 0.25) is 22.4 Å². The molecule has 0 bridgehead atoms. The molecule has 0 amide bonds. The molecule has 0 unspecified atom stereocenters. The van der Waals surface area contributed by atoms with Crippen LogP contribution in [0.1, 0.15) is 57.4 Å². The summed E-state index contributed by atoms with van der Waals surface area (Å²) < 4.78 is 23.1. The molecule has 2 aromatic carbocycles. The van der Waals surface area contributed by atoms with Crippen LogP contribution < -0.4 is 20.3 Å². The van der Waals surface area contributed by atoms with Crippen LogP contribution in [-0.2, 0) is 0 Å². The highest BCUT2D eigenvalue weighted by atomic mass is 16.5. The quantitative estimate of drug-likeness (QED) is 0.351. The smallest absolute Gasteiger partial charge is 0.227 e. The largest absolute Gasteiger partial charge is 0.490 e. The molecule has 36 heavy (non-hydrogen) atoms. The number of methoxy groups -OCH3 is 2. The van der Waals surface area contributed by atoms with E-state index < -0.39 is 0 Å². The lowest BCUT2D eigenvalue weighted by Gasteiger charge is -2.51. The lowest BCUT2D eigenvalue weighted by atomic mass is 9.51. The first-order valence-electron chi connectivity index (χ1n) is 11.9. The monoisotopic (exact) mass is 484 g/mol. The van der Waals surface area contributed by atoms with Crippen molar-refractivity contribution >= 4 is 0 Å². The summed E-state index contributed by atoms with van der Waals surface area (Å²) in [4.78, 5) is 25.4. The molecule has 0 N–H and O–H groups in total. The van der Waals surface area contributed by atoms with Gasteiger partial charge in [0.05, 0.1) is 26.7 Å². The second kappa shape index (κ2) is 9.53. The van der Waals surface area contributed by atoms with Gasteiger partial charge >= 0.3 is 0 Å². The van der Waals surface area contributed by atoms with Gasteiger partial charge in [-0.1, -0.05) is 59.7 Å². The standard InChI is InChI=1S/C30H28O6/c1-17-5-9-19(10-6-17)23-25(29-27(33-3)21(31)13-15-35-29)24(20-11-7-18(2)8-12-20)26(23)30-28(34-4)22(32)14-16-36-30/h5-16,23-26H,1-4H3. The van der Waals surface area contributed by atoms with Crippen LogP contribution in [-0.4, -0.2) is 14.2 Å². The van der Waals surface area contributed by atoms with Crippen molar-refractivity contribution in [3.63, 3.8) is 0 Å². The Kier molecular flexibility index (Phi) is 6.27. The summed E-state index contributed by atoms with van der Waals surface area (Å²) in [7, 11) is 2.96. The van der Waals surface area contributed by atoms with Gasteiger partial charge < -0.3 is 18.3 Å². The SMILES string of the molecule is COc1c(C2C(c3ccc(C)cc3)C(c3occc(=O)c3OC)C2c2ccc(C)cc2)occc1=O. The Morgan fingerprint density at radius 3 is 1.25 bits per heavy atom. The minimum atomic E-state index is -0.250. The maximum atomic E-state index is 12.7. The van der Waals surface area contributed by atoms with E-state index in [1.54, 1.807) is 0 Å². The summed E-state index contributed by atoms with van der Waals surface area (Å²) >= 11 is 0. The zero-order valence-corrected chi connectivity index (χ0v) is 20.7. The Bertz CT molecular complexity index is 1360. The van der Waals surface area contributed by atoms with Crippen molar-refractivity contribution in [2.24, 2.45) is 0 Å². The van der Waals surface area contributed by atoms with Crippen LogP contribution in [0, 0.1) is 13.8 Å². The van der Waals surface area contributed by atoms with Crippen molar-refractivity contribution in [1.29, 1.82) is 0 Å². The second-order valence-electron chi connectivity index (χ2n) is 9.29. The van der Waals surface area contributed by atoms with Crippen LogP contribution in [0.3, 0.4) is 0 Å². The number of rotatable bonds is 6. The Morgan fingerprint density at radius 1 is 0.556 bits per heavy atom. The number of ether oxygens (including phenoxy) is 2. The first kappa shape index (κ1) is 23.7. The molecule has 2 heterocycles. The fraction of sp³-hybridized carbons (Fsp3) is 0.267. The van der Waals surface area contributed by atoms with Gasteiger partial charge in [0.15, 0.2) is 11.5 Å². The summed E-state index contributed by atoms with van der Waals surface area (Å²) in [5, 5.41) is 0. The van der Waals surface area contributed by atoms with Crippen LogP contribution in [0.25, 0.3) is 0 Å². The zero-order valence-electron chi connectivity index (χ0n) is 20.7. The van der Waals surface area contributed by atoms with E-state index >= 15 is 0 Å². The highest BCUT2D eigenvalue weighted by Gasteiger charge is 2.57. The molecular weight excluding hydrogens is 456 g/mol. The van der Waals surface area contributed by atoms with Gasteiger partial charge in [-0.2, -0.15) is 0 Å². The number of aryl methyl sites for hydroxylation is 2. The highest BCUT2D eigenvalue weighted by molar-refractivity contribution is 5.49. The van der Waals surface area contributed by atoms with Gasteiger partial charge in [0.1, 0.15) is 0 Å². The summed E-state index contributed by atoms with van der Waals surface area (Å²) in [5.74, 6) is 0.503. The molecule has 0 aliphatic heterocycles. The molecule has 0 radical (unpaired) electrons. The molecule has 4 aromatic rings. The third-order valence-electron chi connectivity index (χ3n) is 7.21. The topological polar surface area (TPSA) is 78.9 Å². The van der Waals surface area contributed by atoms with Gasteiger partial charge in [-0.25, -0.2) is 0 Å². The number of hydrogen-bond donors (Lipinski definition) is 0. The zero-order chi connectivity index (χ0) is 25.4. The van der Waals surface area contributed by atoms with E-state index in [0.717, 1.165) is 22.3 Å². The molecular formula is C30H28O6. The molecule has 1 aliphatic rings. The summed E-state index contributed by atoms with van der Waals surface area (Å²) in [6.07, 6.45) is 2.82. The van der Waals surface area contributed by atoms with E-state index in [0.29, 0.717) is 11.5 Å². The molecule has 6 nitrogen and oxygen atoms in total. The minimum Gasteiger partial charge on any atom is -0.490 e. The second-order valence-corrected chi connectivity index (χ2v) is 9.29. The lowest BCUT2D eigenvalue weighted by Crippen LogP contribution is -2.41. The van der Waals surface area contributed by atoms with Crippen molar-refractivity contribution in [2.75, 3.05) is 14.2 Å². The van der Waals surface area contributed by atoms with E-state index in [1.165, 1.54) is 38.9 Å².